The van der Waals surface area contributed by atoms with Crippen molar-refractivity contribution in [1.29, 1.82) is 0 Å². The first-order chi connectivity index (χ1) is 19.7. The summed E-state index contributed by atoms with van der Waals surface area (Å²) >= 11 is 0. The molecule has 0 heterocycles. The summed E-state index contributed by atoms with van der Waals surface area (Å²) in [7, 11) is -4.48. The van der Waals surface area contributed by atoms with Gasteiger partial charge in [-0.3, -0.25) is 13.9 Å². The van der Waals surface area contributed by atoms with Gasteiger partial charge in [-0.15, -0.1) is 0 Å². The molecule has 2 atom stereocenters. The Hall–Kier alpha value is -3.86. The van der Waals surface area contributed by atoms with Gasteiger partial charge in [0.1, 0.15) is 12.6 Å². The number of hydrogen-bond acceptors (Lipinski definition) is 4. The highest BCUT2D eigenvalue weighted by Gasteiger charge is 2.35. The molecule has 1 N–H and O–H groups in total. The number of hydrogen-bond donors (Lipinski definition) is 1. The molecule has 3 aromatic rings. The lowest BCUT2D eigenvalue weighted by Crippen LogP contribution is -2.53. The van der Waals surface area contributed by atoms with Crippen molar-refractivity contribution in [2.24, 2.45) is 0 Å². The van der Waals surface area contributed by atoms with Gasteiger partial charge < -0.3 is 10.2 Å². The molecule has 0 aliphatic heterocycles. The molecule has 0 aliphatic carbocycles. The van der Waals surface area contributed by atoms with Gasteiger partial charge in [0.25, 0.3) is 10.0 Å². The number of alkyl halides is 3. The van der Waals surface area contributed by atoms with E-state index in [1.54, 1.807) is 26.0 Å². The van der Waals surface area contributed by atoms with E-state index in [-0.39, 0.29) is 23.2 Å². The van der Waals surface area contributed by atoms with Crippen molar-refractivity contribution in [3.05, 3.63) is 95.6 Å². The summed E-state index contributed by atoms with van der Waals surface area (Å²) in [6.07, 6.45) is -3.69. The smallest absolute Gasteiger partial charge is 0.352 e. The third-order valence-electron chi connectivity index (χ3n) is 7.00. The van der Waals surface area contributed by atoms with E-state index in [0.717, 1.165) is 23.3 Å². The lowest BCUT2D eigenvalue weighted by Gasteiger charge is -2.32. The number of nitrogens with zero attached hydrogens (tertiary/aromatic N) is 2. The average Bonchev–Trinajstić information content (AvgIpc) is 2.96. The van der Waals surface area contributed by atoms with Gasteiger partial charge >= 0.3 is 6.18 Å². The Morgan fingerprint density at radius 1 is 0.929 bits per heavy atom. The highest BCUT2D eigenvalue weighted by atomic mass is 32.2. The highest BCUT2D eigenvalue weighted by Crippen LogP contribution is 2.33. The number of halogens is 3. The third-order valence-corrected chi connectivity index (χ3v) is 8.79. The lowest BCUT2D eigenvalue weighted by molar-refractivity contribution is -0.139. The van der Waals surface area contributed by atoms with Crippen LogP contribution in [0.15, 0.2) is 83.8 Å². The number of rotatable bonds is 12. The van der Waals surface area contributed by atoms with Gasteiger partial charge in [-0.1, -0.05) is 61.0 Å². The van der Waals surface area contributed by atoms with E-state index in [1.807, 2.05) is 44.2 Å². The first kappa shape index (κ1) is 32.7. The van der Waals surface area contributed by atoms with Crippen LogP contribution in [-0.4, -0.2) is 50.3 Å². The van der Waals surface area contributed by atoms with Crippen LogP contribution in [0.4, 0.5) is 18.9 Å². The first-order valence-electron chi connectivity index (χ1n) is 13.6. The number of nitrogens with one attached hydrogen (secondary N) is 1. The fourth-order valence-electron chi connectivity index (χ4n) is 4.24. The van der Waals surface area contributed by atoms with E-state index < -0.39 is 46.2 Å². The van der Waals surface area contributed by atoms with Crippen molar-refractivity contribution in [3.63, 3.8) is 0 Å². The summed E-state index contributed by atoms with van der Waals surface area (Å²) in [6.45, 7) is 6.30. The molecule has 0 aliphatic rings. The van der Waals surface area contributed by atoms with Gasteiger partial charge in [-0.05, 0) is 69.5 Å². The molecule has 3 rings (SSSR count). The average molecular weight is 604 g/mol. The maximum atomic E-state index is 13.9. The normalized spacial score (nSPS) is 13.2. The summed E-state index contributed by atoms with van der Waals surface area (Å²) < 4.78 is 69.1. The number of anilines is 1. The van der Waals surface area contributed by atoms with Crippen molar-refractivity contribution in [3.8, 4) is 0 Å². The molecule has 0 spiro atoms. The Labute approximate surface area is 245 Å². The molecule has 42 heavy (non-hydrogen) atoms. The van der Waals surface area contributed by atoms with Crippen LogP contribution in [0.5, 0.6) is 0 Å². The molecule has 11 heteroatoms. The molecular formula is C31H36F3N3O4S. The topological polar surface area (TPSA) is 86.8 Å². The Bertz CT molecular complexity index is 1460. The summed E-state index contributed by atoms with van der Waals surface area (Å²) in [4.78, 5) is 28.0. The molecule has 3 aromatic carbocycles. The van der Waals surface area contributed by atoms with Crippen LogP contribution in [0, 0.1) is 6.92 Å². The fourth-order valence-corrected chi connectivity index (χ4v) is 5.65. The monoisotopic (exact) mass is 603 g/mol. The molecule has 0 unspecified atom stereocenters. The van der Waals surface area contributed by atoms with E-state index in [0.29, 0.717) is 23.2 Å². The van der Waals surface area contributed by atoms with Crippen LogP contribution < -0.4 is 9.62 Å². The van der Waals surface area contributed by atoms with Crippen LogP contribution in [0.1, 0.15) is 43.9 Å². The van der Waals surface area contributed by atoms with E-state index in [1.165, 1.54) is 23.1 Å². The standard InChI is InChI=1S/C31H36F3N3O4S/c1-5-23(3)35-30(39)24(4)36(19-18-25-10-7-6-8-11-25)29(38)21-37(27-13-9-12-26(20-27)31(32,33)34)42(40,41)28-16-14-22(2)15-17-28/h6-17,20,23-24H,5,18-19,21H2,1-4H3,(H,35,39)/t23-,24+/m1/s1. The minimum absolute atomic E-state index is 0.0823. The maximum absolute atomic E-state index is 13.9. The van der Waals surface area contributed by atoms with E-state index in [2.05, 4.69) is 5.32 Å². The zero-order valence-corrected chi connectivity index (χ0v) is 24.9. The Balaban J connectivity index is 2.04. The first-order valence-corrected chi connectivity index (χ1v) is 15.1. The van der Waals surface area contributed by atoms with Crippen molar-refractivity contribution in [2.75, 3.05) is 17.4 Å². The quantitative estimate of drug-likeness (QED) is 0.293. The highest BCUT2D eigenvalue weighted by molar-refractivity contribution is 7.92. The van der Waals surface area contributed by atoms with Crippen LogP contribution in [0.3, 0.4) is 0 Å². The number of carbonyl (C=O) groups excluding carboxylic acids is 2. The Morgan fingerprint density at radius 3 is 2.17 bits per heavy atom. The molecule has 0 saturated carbocycles. The number of carbonyl (C=O) groups is 2. The number of benzene rings is 3. The van der Waals surface area contributed by atoms with Gasteiger partial charge in [-0.25, -0.2) is 8.42 Å². The maximum Gasteiger partial charge on any atom is 0.416 e. The second-order valence-electron chi connectivity index (χ2n) is 10.2. The molecule has 2 amide bonds. The number of amides is 2. The largest absolute Gasteiger partial charge is 0.416 e. The fraction of sp³-hybridized carbons (Fsp3) is 0.355. The molecule has 0 fully saturated rings. The van der Waals surface area contributed by atoms with Gasteiger partial charge in [-0.2, -0.15) is 13.2 Å². The molecule has 0 bridgehead atoms. The zero-order chi connectivity index (χ0) is 31.1. The zero-order valence-electron chi connectivity index (χ0n) is 24.1. The van der Waals surface area contributed by atoms with Crippen molar-refractivity contribution < 1.29 is 31.2 Å². The third kappa shape index (κ3) is 8.34. The van der Waals surface area contributed by atoms with Gasteiger partial charge in [0.15, 0.2) is 0 Å². The lowest BCUT2D eigenvalue weighted by atomic mass is 10.1. The van der Waals surface area contributed by atoms with Crippen LogP contribution in [-0.2, 0) is 32.2 Å². The molecule has 0 radical (unpaired) electrons. The predicted octanol–water partition coefficient (Wildman–Crippen LogP) is 5.58. The van der Waals surface area contributed by atoms with Crippen LogP contribution in [0.2, 0.25) is 0 Å². The van der Waals surface area contributed by atoms with Crippen LogP contribution in [0.25, 0.3) is 0 Å². The van der Waals surface area contributed by atoms with E-state index in [4.69, 9.17) is 0 Å². The summed E-state index contributed by atoms with van der Waals surface area (Å²) in [5.41, 5.74) is 0.299. The summed E-state index contributed by atoms with van der Waals surface area (Å²) in [6, 6.07) is 17.8. The predicted molar refractivity (Wildman–Crippen MR) is 156 cm³/mol. The second kappa shape index (κ2) is 13.9. The second-order valence-corrected chi connectivity index (χ2v) is 12.1. The molecule has 7 nitrogen and oxygen atoms in total. The summed E-state index contributed by atoms with van der Waals surface area (Å²) in [5, 5.41) is 2.84. The number of aryl methyl sites for hydroxylation is 1. The Morgan fingerprint density at radius 2 is 1.57 bits per heavy atom. The van der Waals surface area contributed by atoms with Crippen LogP contribution >= 0.6 is 0 Å². The SMILES string of the molecule is CC[C@@H](C)NC(=O)[C@H](C)N(CCc1ccccc1)C(=O)CN(c1cccc(C(F)(F)F)c1)S(=O)(=O)c1ccc(C)cc1. The molecule has 226 valence electrons. The van der Waals surface area contributed by atoms with Crippen molar-refractivity contribution in [1.82, 2.24) is 10.2 Å². The van der Waals surface area contributed by atoms with E-state index in [9.17, 15) is 31.2 Å². The molecular weight excluding hydrogens is 567 g/mol. The number of sulfonamides is 1. The molecule has 0 saturated heterocycles. The van der Waals surface area contributed by atoms with Crippen molar-refractivity contribution in [2.45, 2.75) is 63.7 Å². The van der Waals surface area contributed by atoms with E-state index >= 15 is 0 Å². The summed E-state index contributed by atoms with van der Waals surface area (Å²) in [5.74, 6) is -1.15. The minimum atomic E-state index is -4.73. The van der Waals surface area contributed by atoms with Crippen molar-refractivity contribution >= 4 is 27.5 Å². The van der Waals surface area contributed by atoms with Gasteiger partial charge in [0.05, 0.1) is 16.1 Å². The van der Waals surface area contributed by atoms with Gasteiger partial charge in [0.2, 0.25) is 11.8 Å². The Kier molecular flexibility index (Phi) is 10.8. The molecule has 0 aromatic heterocycles. The van der Waals surface area contributed by atoms with Gasteiger partial charge in [0, 0.05) is 12.6 Å². The minimum Gasteiger partial charge on any atom is -0.352 e.